The molecule has 2 aromatic carbocycles. The summed E-state index contributed by atoms with van der Waals surface area (Å²) in [6.07, 6.45) is 5.78. The normalized spacial score (nSPS) is 14.6. The molecule has 1 saturated heterocycles. The number of halogens is 1. The van der Waals surface area contributed by atoms with E-state index in [2.05, 4.69) is 27.3 Å². The Bertz CT molecular complexity index is 1230. The van der Waals surface area contributed by atoms with Crippen LogP contribution < -0.4 is 10.2 Å². The number of rotatable bonds is 5. The van der Waals surface area contributed by atoms with Crippen molar-refractivity contribution in [1.29, 1.82) is 0 Å². The minimum Gasteiger partial charge on any atom is -0.371 e. The first-order valence-corrected chi connectivity index (χ1v) is 11.4. The second kappa shape index (κ2) is 9.05. The smallest absolute Gasteiger partial charge is 0.268 e. The molecule has 162 valence electrons. The van der Waals surface area contributed by atoms with Crippen molar-refractivity contribution in [2.75, 3.05) is 24.5 Å². The van der Waals surface area contributed by atoms with Gasteiger partial charge in [-0.25, -0.2) is 0 Å². The van der Waals surface area contributed by atoms with Gasteiger partial charge in [-0.1, -0.05) is 35.9 Å². The monoisotopic (exact) mass is 444 g/mol. The van der Waals surface area contributed by atoms with Gasteiger partial charge in [0.15, 0.2) is 0 Å². The zero-order chi connectivity index (χ0) is 21.9. The molecule has 1 N–H and O–H groups in total. The second-order valence-corrected chi connectivity index (χ2v) is 8.69. The van der Waals surface area contributed by atoms with Crippen LogP contribution in [0.3, 0.4) is 0 Å². The number of anilines is 1. The molecule has 6 heteroatoms. The molecule has 0 saturated carbocycles. The van der Waals surface area contributed by atoms with Crippen LogP contribution in [0.15, 0.2) is 79.1 Å². The third kappa shape index (κ3) is 4.21. The fraction of sp³-hybridized carbons (Fsp3) is 0.231. The molecule has 1 aliphatic heterocycles. The highest BCUT2D eigenvalue weighted by molar-refractivity contribution is 6.30. The van der Waals surface area contributed by atoms with Gasteiger partial charge in [0, 0.05) is 53.8 Å². The van der Waals surface area contributed by atoms with Crippen LogP contribution in [0.5, 0.6) is 0 Å². The number of nitrogens with one attached hydrogen (secondary N) is 1. The lowest BCUT2D eigenvalue weighted by Crippen LogP contribution is -2.39. The number of pyridine rings is 1. The molecular weight excluding hydrogens is 420 g/mol. The van der Waals surface area contributed by atoms with Gasteiger partial charge >= 0.3 is 0 Å². The van der Waals surface area contributed by atoms with E-state index in [0.717, 1.165) is 42.5 Å². The van der Waals surface area contributed by atoms with Gasteiger partial charge in [0.25, 0.3) is 5.91 Å². The maximum atomic E-state index is 13.2. The summed E-state index contributed by atoms with van der Waals surface area (Å²) in [5.74, 6) is 0.416. The molecule has 1 amide bonds. The van der Waals surface area contributed by atoms with Gasteiger partial charge in [0.05, 0.1) is 5.52 Å². The van der Waals surface area contributed by atoms with E-state index in [-0.39, 0.29) is 5.91 Å². The van der Waals surface area contributed by atoms with E-state index in [1.54, 1.807) is 0 Å². The van der Waals surface area contributed by atoms with Crippen LogP contribution in [-0.2, 0) is 0 Å². The van der Waals surface area contributed by atoms with Gasteiger partial charge in [0.2, 0.25) is 0 Å². The first kappa shape index (κ1) is 20.6. The van der Waals surface area contributed by atoms with Crippen molar-refractivity contribution in [3.05, 3.63) is 89.8 Å². The molecule has 4 aromatic rings. The number of para-hydroxylation sites is 1. The van der Waals surface area contributed by atoms with Crippen LogP contribution >= 0.6 is 11.6 Å². The van der Waals surface area contributed by atoms with Gasteiger partial charge in [-0.15, -0.1) is 0 Å². The number of nitrogens with zero attached hydrogens (tertiary/aromatic N) is 3. The number of carbonyl (C=O) groups excluding carboxylic acids is 1. The van der Waals surface area contributed by atoms with Crippen molar-refractivity contribution >= 4 is 34.1 Å². The molecule has 5 nitrogen and oxygen atoms in total. The Labute approximate surface area is 192 Å². The van der Waals surface area contributed by atoms with Crippen LogP contribution in [0.1, 0.15) is 23.3 Å². The highest BCUT2D eigenvalue weighted by Crippen LogP contribution is 2.27. The maximum Gasteiger partial charge on any atom is 0.268 e. The van der Waals surface area contributed by atoms with Gasteiger partial charge in [-0.2, -0.15) is 0 Å². The third-order valence-corrected chi connectivity index (χ3v) is 6.44. The average molecular weight is 445 g/mol. The lowest BCUT2D eigenvalue weighted by atomic mass is 9.96. The SMILES string of the molecule is O=C(NCC1CCN(c2ccncc2)CC1)c1cc2ccccc2n1-c1cccc(Cl)c1. The zero-order valence-corrected chi connectivity index (χ0v) is 18.5. The van der Waals surface area contributed by atoms with Crippen LogP contribution in [0, 0.1) is 5.92 Å². The van der Waals surface area contributed by atoms with Crippen molar-refractivity contribution in [2.24, 2.45) is 5.92 Å². The Hall–Kier alpha value is -3.31. The quantitative estimate of drug-likeness (QED) is 0.453. The summed E-state index contributed by atoms with van der Waals surface area (Å²) in [5.41, 5.74) is 3.72. The van der Waals surface area contributed by atoms with E-state index in [4.69, 9.17) is 11.6 Å². The van der Waals surface area contributed by atoms with Crippen LogP contribution in [0.4, 0.5) is 5.69 Å². The first-order chi connectivity index (χ1) is 15.7. The van der Waals surface area contributed by atoms with Gasteiger partial charge in [-0.3, -0.25) is 9.78 Å². The van der Waals surface area contributed by atoms with E-state index in [0.29, 0.717) is 23.2 Å². The maximum absolute atomic E-state index is 13.2. The Balaban J connectivity index is 1.30. The highest BCUT2D eigenvalue weighted by atomic mass is 35.5. The third-order valence-electron chi connectivity index (χ3n) is 6.20. The molecule has 32 heavy (non-hydrogen) atoms. The lowest BCUT2D eigenvalue weighted by Gasteiger charge is -2.33. The lowest BCUT2D eigenvalue weighted by molar-refractivity contribution is 0.0938. The fourth-order valence-electron chi connectivity index (χ4n) is 4.49. The van der Waals surface area contributed by atoms with Crippen LogP contribution in [-0.4, -0.2) is 35.1 Å². The van der Waals surface area contributed by atoms with Crippen molar-refractivity contribution in [1.82, 2.24) is 14.9 Å². The zero-order valence-electron chi connectivity index (χ0n) is 17.7. The van der Waals surface area contributed by atoms with Gasteiger partial charge in [0.1, 0.15) is 5.69 Å². The average Bonchev–Trinajstić information content (AvgIpc) is 3.23. The molecule has 0 aliphatic carbocycles. The topological polar surface area (TPSA) is 50.2 Å². The number of amides is 1. The molecule has 5 rings (SSSR count). The summed E-state index contributed by atoms with van der Waals surface area (Å²) in [5, 5.41) is 4.86. The molecular formula is C26H25ClN4O. The summed E-state index contributed by atoms with van der Waals surface area (Å²) in [7, 11) is 0. The number of hydrogen-bond donors (Lipinski definition) is 1. The summed E-state index contributed by atoms with van der Waals surface area (Å²) >= 11 is 6.24. The van der Waals surface area contributed by atoms with Crippen molar-refractivity contribution in [2.45, 2.75) is 12.8 Å². The minimum atomic E-state index is -0.0576. The Kier molecular flexibility index (Phi) is 5.82. The Morgan fingerprint density at radius 2 is 1.75 bits per heavy atom. The molecule has 0 unspecified atom stereocenters. The van der Waals surface area contributed by atoms with Crippen molar-refractivity contribution in [3.63, 3.8) is 0 Å². The summed E-state index contributed by atoms with van der Waals surface area (Å²) in [6.45, 7) is 2.67. The van der Waals surface area contributed by atoms with Crippen LogP contribution in [0.25, 0.3) is 16.6 Å². The summed E-state index contributed by atoms with van der Waals surface area (Å²) in [4.78, 5) is 19.7. The van der Waals surface area contributed by atoms with E-state index in [1.165, 1.54) is 5.69 Å². The molecule has 1 fully saturated rings. The van der Waals surface area contributed by atoms with E-state index in [1.807, 2.05) is 71.6 Å². The van der Waals surface area contributed by atoms with Crippen LogP contribution in [0.2, 0.25) is 5.02 Å². The Morgan fingerprint density at radius 1 is 0.969 bits per heavy atom. The highest BCUT2D eigenvalue weighted by Gasteiger charge is 2.22. The summed E-state index contributed by atoms with van der Waals surface area (Å²) < 4.78 is 1.99. The van der Waals surface area contributed by atoms with Gasteiger partial charge < -0.3 is 14.8 Å². The predicted octanol–water partition coefficient (Wildman–Crippen LogP) is 5.33. The molecule has 0 spiro atoms. The predicted molar refractivity (Wildman–Crippen MR) is 130 cm³/mol. The molecule has 2 aromatic heterocycles. The first-order valence-electron chi connectivity index (χ1n) is 11.0. The van der Waals surface area contributed by atoms with E-state index >= 15 is 0 Å². The number of carbonyl (C=O) groups is 1. The molecule has 1 aliphatic rings. The number of fused-ring (bicyclic) bond motifs is 1. The molecule has 3 heterocycles. The molecule has 0 bridgehead atoms. The van der Waals surface area contributed by atoms with E-state index < -0.39 is 0 Å². The summed E-state index contributed by atoms with van der Waals surface area (Å²) in [6, 6.07) is 21.7. The van der Waals surface area contributed by atoms with Gasteiger partial charge in [-0.05, 0) is 61.2 Å². The number of aromatic nitrogens is 2. The minimum absolute atomic E-state index is 0.0576. The molecule has 0 atom stereocenters. The number of hydrogen-bond acceptors (Lipinski definition) is 3. The Morgan fingerprint density at radius 3 is 2.53 bits per heavy atom. The fourth-order valence-corrected chi connectivity index (χ4v) is 4.68. The molecule has 0 radical (unpaired) electrons. The number of piperidine rings is 1. The standard InChI is InChI=1S/C26H25ClN4O/c27-21-5-3-6-23(17-21)31-24-7-2-1-4-20(24)16-25(31)26(32)29-18-19-10-14-30(15-11-19)22-8-12-28-13-9-22/h1-9,12-13,16-17,19H,10-11,14-15,18H2,(H,29,32). The largest absolute Gasteiger partial charge is 0.371 e. The van der Waals surface area contributed by atoms with Crippen molar-refractivity contribution < 1.29 is 4.79 Å². The second-order valence-electron chi connectivity index (χ2n) is 8.25. The van der Waals surface area contributed by atoms with E-state index in [9.17, 15) is 4.79 Å². The van der Waals surface area contributed by atoms with Crippen molar-refractivity contribution in [3.8, 4) is 5.69 Å². The number of benzene rings is 2.